The molecule has 3 heteroatoms. The normalized spacial score (nSPS) is 14.1. The van der Waals surface area contributed by atoms with Gasteiger partial charge in [0.15, 0.2) is 0 Å². The SMILES string of the molecule is CCCNC(CC)c1ccc(N(C)CC(C)CC)cn1. The summed E-state index contributed by atoms with van der Waals surface area (Å²) in [5.41, 5.74) is 2.36. The molecule has 1 rings (SSSR count). The van der Waals surface area contributed by atoms with Gasteiger partial charge in [-0.25, -0.2) is 0 Å². The van der Waals surface area contributed by atoms with Gasteiger partial charge in [0.1, 0.15) is 0 Å². The lowest BCUT2D eigenvalue weighted by Gasteiger charge is -2.23. The largest absolute Gasteiger partial charge is 0.373 e. The van der Waals surface area contributed by atoms with Gasteiger partial charge in [0.05, 0.1) is 17.6 Å². The first-order valence-corrected chi connectivity index (χ1v) is 8.02. The first-order valence-electron chi connectivity index (χ1n) is 8.02. The maximum absolute atomic E-state index is 4.65. The summed E-state index contributed by atoms with van der Waals surface area (Å²) in [6, 6.07) is 4.74. The van der Waals surface area contributed by atoms with Gasteiger partial charge in [-0.1, -0.05) is 34.1 Å². The number of nitrogens with one attached hydrogen (secondary N) is 1. The molecule has 1 aromatic rings. The second-order valence-corrected chi connectivity index (χ2v) is 5.75. The molecule has 0 aliphatic heterocycles. The molecule has 2 unspecified atom stereocenters. The van der Waals surface area contributed by atoms with Crippen molar-refractivity contribution >= 4 is 5.69 Å². The van der Waals surface area contributed by atoms with Crippen molar-refractivity contribution in [2.24, 2.45) is 5.92 Å². The molecule has 114 valence electrons. The third-order valence-corrected chi connectivity index (χ3v) is 3.90. The third-order valence-electron chi connectivity index (χ3n) is 3.90. The Morgan fingerprint density at radius 3 is 2.45 bits per heavy atom. The van der Waals surface area contributed by atoms with Crippen LogP contribution in [-0.2, 0) is 0 Å². The Bertz CT molecular complexity index is 361. The second kappa shape index (κ2) is 8.96. The van der Waals surface area contributed by atoms with Gasteiger partial charge in [0.25, 0.3) is 0 Å². The lowest BCUT2D eigenvalue weighted by Crippen LogP contribution is -2.25. The van der Waals surface area contributed by atoms with Gasteiger partial charge in [0, 0.05) is 19.6 Å². The Labute approximate surface area is 124 Å². The Kier molecular flexibility index (Phi) is 7.60. The first kappa shape index (κ1) is 17.0. The molecule has 0 saturated carbocycles. The van der Waals surface area contributed by atoms with Crippen LogP contribution in [0.1, 0.15) is 58.7 Å². The minimum absolute atomic E-state index is 0.379. The Balaban J connectivity index is 2.66. The molecule has 0 saturated heterocycles. The van der Waals surface area contributed by atoms with Gasteiger partial charge < -0.3 is 10.2 Å². The molecule has 1 aromatic heterocycles. The molecule has 0 aliphatic rings. The lowest BCUT2D eigenvalue weighted by molar-refractivity contribution is 0.507. The average molecular weight is 277 g/mol. The zero-order chi connectivity index (χ0) is 15.0. The number of aromatic nitrogens is 1. The third kappa shape index (κ3) is 5.12. The van der Waals surface area contributed by atoms with E-state index >= 15 is 0 Å². The van der Waals surface area contributed by atoms with Crippen LogP contribution >= 0.6 is 0 Å². The van der Waals surface area contributed by atoms with Crippen molar-refractivity contribution in [1.82, 2.24) is 10.3 Å². The van der Waals surface area contributed by atoms with Crippen LogP contribution in [0.15, 0.2) is 18.3 Å². The zero-order valence-corrected chi connectivity index (χ0v) is 13.8. The van der Waals surface area contributed by atoms with Crippen LogP contribution in [0.25, 0.3) is 0 Å². The van der Waals surface area contributed by atoms with E-state index in [0.29, 0.717) is 12.0 Å². The molecule has 20 heavy (non-hydrogen) atoms. The molecule has 0 bridgehead atoms. The van der Waals surface area contributed by atoms with Gasteiger partial charge in [-0.05, 0) is 37.4 Å². The molecule has 0 radical (unpaired) electrons. The molecular formula is C17H31N3. The van der Waals surface area contributed by atoms with Gasteiger partial charge in [-0.15, -0.1) is 0 Å². The molecule has 0 amide bonds. The second-order valence-electron chi connectivity index (χ2n) is 5.75. The minimum Gasteiger partial charge on any atom is -0.373 e. The van der Waals surface area contributed by atoms with Crippen molar-refractivity contribution in [3.63, 3.8) is 0 Å². The monoisotopic (exact) mass is 277 g/mol. The van der Waals surface area contributed by atoms with Crippen molar-refractivity contribution < 1.29 is 0 Å². The fraction of sp³-hybridized carbons (Fsp3) is 0.706. The van der Waals surface area contributed by atoms with Crippen molar-refractivity contribution in [1.29, 1.82) is 0 Å². The Hall–Kier alpha value is -1.09. The van der Waals surface area contributed by atoms with E-state index in [-0.39, 0.29) is 0 Å². The summed E-state index contributed by atoms with van der Waals surface area (Å²) in [4.78, 5) is 6.95. The highest BCUT2D eigenvalue weighted by Gasteiger charge is 2.11. The van der Waals surface area contributed by atoms with Crippen LogP contribution in [0.2, 0.25) is 0 Å². The summed E-state index contributed by atoms with van der Waals surface area (Å²) in [5.74, 6) is 0.717. The van der Waals surface area contributed by atoms with Crippen LogP contribution in [-0.4, -0.2) is 25.1 Å². The molecule has 2 atom stereocenters. The number of pyridine rings is 1. The van der Waals surface area contributed by atoms with E-state index in [1.165, 1.54) is 12.1 Å². The zero-order valence-electron chi connectivity index (χ0n) is 13.8. The number of anilines is 1. The van der Waals surface area contributed by atoms with E-state index in [2.05, 4.69) is 62.1 Å². The van der Waals surface area contributed by atoms with Crippen molar-refractivity contribution in [3.05, 3.63) is 24.0 Å². The number of nitrogens with zero attached hydrogens (tertiary/aromatic N) is 2. The lowest BCUT2D eigenvalue weighted by atomic mass is 10.1. The molecule has 0 aliphatic carbocycles. The fourth-order valence-electron chi connectivity index (χ4n) is 2.31. The van der Waals surface area contributed by atoms with Crippen LogP contribution in [0.5, 0.6) is 0 Å². The predicted octanol–water partition coefficient (Wildman–Crippen LogP) is 4.01. The van der Waals surface area contributed by atoms with Crippen molar-refractivity contribution in [2.45, 2.75) is 53.0 Å². The highest BCUT2D eigenvalue weighted by atomic mass is 15.1. The summed E-state index contributed by atoms with van der Waals surface area (Å²) in [7, 11) is 2.15. The smallest absolute Gasteiger partial charge is 0.0574 e. The van der Waals surface area contributed by atoms with Gasteiger partial charge in [-0.2, -0.15) is 0 Å². The maximum Gasteiger partial charge on any atom is 0.0574 e. The van der Waals surface area contributed by atoms with Crippen LogP contribution in [0, 0.1) is 5.92 Å². The fourth-order valence-corrected chi connectivity index (χ4v) is 2.31. The number of rotatable bonds is 9. The van der Waals surface area contributed by atoms with Crippen LogP contribution < -0.4 is 10.2 Å². The highest BCUT2D eigenvalue weighted by Crippen LogP contribution is 2.19. The molecule has 1 N–H and O–H groups in total. The predicted molar refractivity (Wildman–Crippen MR) is 88.3 cm³/mol. The molecule has 0 spiro atoms. The maximum atomic E-state index is 4.65. The number of hydrogen-bond donors (Lipinski definition) is 1. The number of hydrogen-bond acceptors (Lipinski definition) is 3. The van der Waals surface area contributed by atoms with Gasteiger partial charge >= 0.3 is 0 Å². The summed E-state index contributed by atoms with van der Waals surface area (Å²) in [5, 5.41) is 3.55. The summed E-state index contributed by atoms with van der Waals surface area (Å²) >= 11 is 0. The summed E-state index contributed by atoms with van der Waals surface area (Å²) < 4.78 is 0. The quantitative estimate of drug-likeness (QED) is 0.739. The molecule has 1 heterocycles. The highest BCUT2D eigenvalue weighted by molar-refractivity contribution is 5.43. The molecule has 0 fully saturated rings. The van der Waals surface area contributed by atoms with E-state index < -0.39 is 0 Å². The first-order chi connectivity index (χ1) is 9.62. The standard InChI is InChI=1S/C17H31N3/c1-6-11-18-16(8-3)17-10-9-15(12-19-17)20(5)13-14(4)7-2/h9-10,12,14,16,18H,6-8,11,13H2,1-5H3. The van der Waals surface area contributed by atoms with Crippen LogP contribution in [0.3, 0.4) is 0 Å². The molecular weight excluding hydrogens is 246 g/mol. The van der Waals surface area contributed by atoms with E-state index in [1.807, 2.05) is 6.20 Å². The Morgan fingerprint density at radius 1 is 1.20 bits per heavy atom. The minimum atomic E-state index is 0.379. The van der Waals surface area contributed by atoms with Gasteiger partial charge in [0.2, 0.25) is 0 Å². The summed E-state index contributed by atoms with van der Waals surface area (Å²) in [6.07, 6.45) is 5.46. The van der Waals surface area contributed by atoms with Crippen molar-refractivity contribution in [3.8, 4) is 0 Å². The van der Waals surface area contributed by atoms with E-state index in [0.717, 1.165) is 31.6 Å². The van der Waals surface area contributed by atoms with E-state index in [9.17, 15) is 0 Å². The summed E-state index contributed by atoms with van der Waals surface area (Å²) in [6.45, 7) is 11.1. The molecule has 0 aromatic carbocycles. The topological polar surface area (TPSA) is 28.2 Å². The van der Waals surface area contributed by atoms with Crippen molar-refractivity contribution in [2.75, 3.05) is 25.0 Å². The molecule has 3 nitrogen and oxygen atoms in total. The van der Waals surface area contributed by atoms with E-state index in [4.69, 9.17) is 0 Å². The van der Waals surface area contributed by atoms with E-state index in [1.54, 1.807) is 0 Å². The van der Waals surface area contributed by atoms with Gasteiger partial charge in [-0.3, -0.25) is 4.98 Å². The Morgan fingerprint density at radius 2 is 1.95 bits per heavy atom. The van der Waals surface area contributed by atoms with Crippen LogP contribution in [0.4, 0.5) is 5.69 Å². The average Bonchev–Trinajstić information content (AvgIpc) is 2.48.